The van der Waals surface area contributed by atoms with Gasteiger partial charge in [-0.25, -0.2) is 4.79 Å². The third-order valence-electron chi connectivity index (χ3n) is 3.11. The number of carbonyl (C=O) groups is 1. The second-order valence-electron chi connectivity index (χ2n) is 5.09. The molecule has 112 valence electrons. The van der Waals surface area contributed by atoms with Gasteiger partial charge in [-0.2, -0.15) is 0 Å². The predicted octanol–water partition coefficient (Wildman–Crippen LogP) is 4.28. The molecule has 0 spiro atoms. The van der Waals surface area contributed by atoms with E-state index in [4.69, 9.17) is 9.47 Å². The summed E-state index contributed by atoms with van der Waals surface area (Å²) in [5, 5.41) is 0. The molecule has 0 fully saturated rings. The fourth-order valence-electron chi connectivity index (χ4n) is 1.96. The molecule has 1 aromatic carbocycles. The molecule has 20 heavy (non-hydrogen) atoms. The van der Waals surface area contributed by atoms with E-state index >= 15 is 0 Å². The highest BCUT2D eigenvalue weighted by Crippen LogP contribution is 2.12. The van der Waals surface area contributed by atoms with Crippen LogP contribution in [0.1, 0.15) is 51.0 Å². The zero-order valence-corrected chi connectivity index (χ0v) is 12.7. The molecular formula is C17H26O3. The molecular weight excluding hydrogens is 252 g/mol. The zero-order chi connectivity index (χ0) is 14.6. The molecule has 3 heteroatoms. The van der Waals surface area contributed by atoms with E-state index in [1.165, 1.54) is 25.7 Å². The maximum atomic E-state index is 11.5. The second kappa shape index (κ2) is 10.3. The van der Waals surface area contributed by atoms with Gasteiger partial charge in [-0.1, -0.05) is 51.2 Å². The first-order valence-electron chi connectivity index (χ1n) is 7.57. The van der Waals surface area contributed by atoms with Crippen molar-refractivity contribution in [1.29, 1.82) is 0 Å². The number of benzene rings is 1. The Kier molecular flexibility index (Phi) is 8.52. The predicted molar refractivity (Wildman–Crippen MR) is 81.0 cm³/mol. The van der Waals surface area contributed by atoms with Gasteiger partial charge in [0.15, 0.2) is 6.61 Å². The van der Waals surface area contributed by atoms with E-state index < -0.39 is 0 Å². The highest BCUT2D eigenvalue weighted by molar-refractivity contribution is 5.71. The highest BCUT2D eigenvalue weighted by Gasteiger charge is 2.04. The first-order chi connectivity index (χ1) is 9.72. The fourth-order valence-corrected chi connectivity index (χ4v) is 1.96. The van der Waals surface area contributed by atoms with Crippen LogP contribution in [0.4, 0.5) is 0 Å². The second-order valence-corrected chi connectivity index (χ2v) is 5.09. The maximum absolute atomic E-state index is 11.5. The van der Waals surface area contributed by atoms with Crippen molar-refractivity contribution in [2.75, 3.05) is 13.2 Å². The number of hydrogen-bond donors (Lipinski definition) is 0. The molecule has 0 aromatic heterocycles. The number of hydrogen-bond acceptors (Lipinski definition) is 3. The minimum absolute atomic E-state index is 0.0146. The molecule has 0 aliphatic carbocycles. The van der Waals surface area contributed by atoms with E-state index in [2.05, 4.69) is 6.92 Å². The summed E-state index contributed by atoms with van der Waals surface area (Å²) < 4.78 is 10.5. The summed E-state index contributed by atoms with van der Waals surface area (Å²) in [6, 6.07) is 7.64. The lowest BCUT2D eigenvalue weighted by Crippen LogP contribution is -2.15. The molecule has 3 nitrogen and oxygen atoms in total. The van der Waals surface area contributed by atoms with Crippen LogP contribution in [0, 0.1) is 6.92 Å². The highest BCUT2D eigenvalue weighted by atomic mass is 16.6. The first kappa shape index (κ1) is 16.5. The molecule has 0 unspecified atom stereocenters. The third kappa shape index (κ3) is 7.82. The van der Waals surface area contributed by atoms with Gasteiger partial charge in [0.1, 0.15) is 5.75 Å². The van der Waals surface area contributed by atoms with Gasteiger partial charge >= 0.3 is 5.97 Å². The normalized spacial score (nSPS) is 10.3. The lowest BCUT2D eigenvalue weighted by molar-refractivity contribution is -0.146. The van der Waals surface area contributed by atoms with Gasteiger partial charge in [-0.15, -0.1) is 0 Å². The van der Waals surface area contributed by atoms with Crippen molar-refractivity contribution in [3.8, 4) is 5.75 Å². The number of aryl methyl sites for hydroxylation is 1. The molecule has 1 rings (SSSR count). The van der Waals surface area contributed by atoms with Crippen molar-refractivity contribution < 1.29 is 14.3 Å². The van der Waals surface area contributed by atoms with Gasteiger partial charge in [0.2, 0.25) is 0 Å². The Morgan fingerprint density at radius 2 is 1.85 bits per heavy atom. The van der Waals surface area contributed by atoms with Crippen molar-refractivity contribution in [3.05, 3.63) is 29.8 Å². The van der Waals surface area contributed by atoms with Gasteiger partial charge < -0.3 is 9.47 Å². The van der Waals surface area contributed by atoms with Crippen molar-refractivity contribution >= 4 is 5.97 Å². The van der Waals surface area contributed by atoms with Crippen LogP contribution < -0.4 is 4.74 Å². The van der Waals surface area contributed by atoms with E-state index in [0.29, 0.717) is 12.4 Å². The van der Waals surface area contributed by atoms with E-state index in [9.17, 15) is 4.79 Å². The molecule has 0 bridgehead atoms. The molecule has 0 aliphatic heterocycles. The van der Waals surface area contributed by atoms with E-state index in [1.807, 2.05) is 31.2 Å². The van der Waals surface area contributed by atoms with Crippen molar-refractivity contribution in [1.82, 2.24) is 0 Å². The Hall–Kier alpha value is -1.51. The summed E-state index contributed by atoms with van der Waals surface area (Å²) >= 11 is 0. The lowest BCUT2D eigenvalue weighted by atomic mass is 10.1. The van der Waals surface area contributed by atoms with Crippen LogP contribution in [0.25, 0.3) is 0 Å². The summed E-state index contributed by atoms with van der Waals surface area (Å²) in [6.45, 7) is 4.68. The zero-order valence-electron chi connectivity index (χ0n) is 12.7. The summed E-state index contributed by atoms with van der Waals surface area (Å²) in [5.74, 6) is 0.418. The average Bonchev–Trinajstić information content (AvgIpc) is 2.44. The SMILES string of the molecule is CCCCCCCCOC(=O)COc1cccc(C)c1. The van der Waals surface area contributed by atoms with Crippen LogP contribution in [0.2, 0.25) is 0 Å². The largest absolute Gasteiger partial charge is 0.482 e. The molecule has 0 saturated heterocycles. The van der Waals surface area contributed by atoms with Crippen LogP contribution in [0.15, 0.2) is 24.3 Å². The molecule has 0 saturated carbocycles. The van der Waals surface area contributed by atoms with Gasteiger partial charge in [-0.3, -0.25) is 0 Å². The molecule has 0 atom stereocenters. The van der Waals surface area contributed by atoms with Crippen LogP contribution in [-0.2, 0) is 9.53 Å². The van der Waals surface area contributed by atoms with Crippen molar-refractivity contribution in [2.24, 2.45) is 0 Å². The number of esters is 1. The third-order valence-corrected chi connectivity index (χ3v) is 3.11. The Morgan fingerprint density at radius 1 is 1.10 bits per heavy atom. The van der Waals surface area contributed by atoms with Gasteiger partial charge in [0.25, 0.3) is 0 Å². The minimum atomic E-state index is -0.292. The lowest BCUT2D eigenvalue weighted by Gasteiger charge is -2.07. The minimum Gasteiger partial charge on any atom is -0.482 e. The Labute approximate surface area is 122 Å². The number of carbonyl (C=O) groups excluding carboxylic acids is 1. The molecule has 0 radical (unpaired) electrons. The summed E-state index contributed by atoms with van der Waals surface area (Å²) in [6.07, 6.45) is 7.13. The Balaban J connectivity index is 2.03. The van der Waals surface area contributed by atoms with Crippen LogP contribution >= 0.6 is 0 Å². The molecule has 0 N–H and O–H groups in total. The molecule has 0 heterocycles. The average molecular weight is 278 g/mol. The van der Waals surface area contributed by atoms with Crippen LogP contribution in [0.3, 0.4) is 0 Å². The summed E-state index contributed by atoms with van der Waals surface area (Å²) in [5.41, 5.74) is 1.11. The van der Waals surface area contributed by atoms with Gasteiger partial charge in [0.05, 0.1) is 6.61 Å². The van der Waals surface area contributed by atoms with E-state index in [1.54, 1.807) is 0 Å². The quantitative estimate of drug-likeness (QED) is 0.473. The number of rotatable bonds is 10. The van der Waals surface area contributed by atoms with Gasteiger partial charge in [-0.05, 0) is 31.0 Å². The Morgan fingerprint density at radius 3 is 2.60 bits per heavy atom. The maximum Gasteiger partial charge on any atom is 0.344 e. The fraction of sp³-hybridized carbons (Fsp3) is 0.588. The smallest absolute Gasteiger partial charge is 0.344 e. The van der Waals surface area contributed by atoms with E-state index in [-0.39, 0.29) is 12.6 Å². The number of ether oxygens (including phenoxy) is 2. The van der Waals surface area contributed by atoms with Gasteiger partial charge in [0, 0.05) is 0 Å². The van der Waals surface area contributed by atoms with E-state index in [0.717, 1.165) is 18.4 Å². The van der Waals surface area contributed by atoms with Crippen molar-refractivity contribution in [2.45, 2.75) is 52.4 Å². The molecule has 0 amide bonds. The van der Waals surface area contributed by atoms with Crippen LogP contribution in [-0.4, -0.2) is 19.2 Å². The molecule has 1 aromatic rings. The molecule has 0 aliphatic rings. The van der Waals surface area contributed by atoms with Crippen LogP contribution in [0.5, 0.6) is 5.75 Å². The Bertz CT molecular complexity index is 388. The standard InChI is InChI=1S/C17H26O3/c1-3-4-5-6-7-8-12-19-17(18)14-20-16-11-9-10-15(2)13-16/h9-11,13H,3-8,12,14H2,1-2H3. The number of unbranched alkanes of at least 4 members (excludes halogenated alkanes) is 5. The topological polar surface area (TPSA) is 35.5 Å². The first-order valence-corrected chi connectivity index (χ1v) is 7.57. The van der Waals surface area contributed by atoms with Crippen molar-refractivity contribution in [3.63, 3.8) is 0 Å². The summed E-state index contributed by atoms with van der Waals surface area (Å²) in [4.78, 5) is 11.5. The monoisotopic (exact) mass is 278 g/mol. The summed E-state index contributed by atoms with van der Waals surface area (Å²) in [7, 11) is 0.